The van der Waals surface area contributed by atoms with Gasteiger partial charge >= 0.3 is 35.4 Å². The van der Waals surface area contributed by atoms with Gasteiger partial charge < -0.3 is 60.6 Å². The number of aliphatic carboxylic acids is 2. The number of unbranched alkanes of at least 4 members (excludes halogenated alkanes) is 3. The summed E-state index contributed by atoms with van der Waals surface area (Å²) in [5.41, 5.74) is 5.20. The Bertz CT molecular complexity index is 2370. The molecule has 0 aromatic carbocycles. The zero-order valence-corrected chi connectivity index (χ0v) is 39.2. The van der Waals surface area contributed by atoms with E-state index in [2.05, 4.69) is 45.6 Å². The minimum absolute atomic E-state index is 0.0134. The quantitative estimate of drug-likeness (QED) is 0.0236. The highest BCUT2D eigenvalue weighted by Gasteiger charge is 2.43. The van der Waals surface area contributed by atoms with Gasteiger partial charge in [-0.05, 0) is 12.8 Å². The maximum atomic E-state index is 12.9. The number of carbonyl (C=O) groups is 6. The summed E-state index contributed by atoms with van der Waals surface area (Å²) in [6.07, 6.45) is -1.03. The number of aromatic amines is 1. The molecule has 3 heterocycles. The molecule has 0 spiro atoms. The lowest BCUT2D eigenvalue weighted by atomic mass is 10.0. The monoisotopic (exact) mass is 1030 g/mol. The third kappa shape index (κ3) is 20.1. The Morgan fingerprint density at radius 2 is 1.65 bits per heavy atom. The number of H-pyrrole nitrogens is 1. The topological polar surface area (TPSA) is 433 Å². The van der Waals surface area contributed by atoms with Gasteiger partial charge in [0.1, 0.15) is 24.2 Å². The lowest BCUT2D eigenvalue weighted by Gasteiger charge is -2.19. The zero-order chi connectivity index (χ0) is 49.4. The molecule has 32 heteroatoms. The molecule has 1 aliphatic rings. The number of nitrogens with zero attached hydrogens (tertiary/aromatic N) is 2. The van der Waals surface area contributed by atoms with E-state index in [0.29, 0.717) is 31.4 Å². The number of hydrogen-bond acceptors (Lipinski definition) is 19. The molecule has 66 heavy (non-hydrogen) atoms. The third-order valence-corrected chi connectivity index (χ3v) is 15.1. The number of phosphoric ester groups is 1. The summed E-state index contributed by atoms with van der Waals surface area (Å²) in [7, 11) is -14.3. The van der Waals surface area contributed by atoms with Crippen LogP contribution in [0.15, 0.2) is 11.0 Å². The second kappa shape index (κ2) is 26.0. The number of amides is 2. The van der Waals surface area contributed by atoms with Crippen molar-refractivity contribution in [2.75, 3.05) is 23.8 Å². The number of anilines is 1. The fraction of sp³-hybridized carbons (Fsp3) is 0.588. The predicted molar refractivity (Wildman–Crippen MR) is 232 cm³/mol. The van der Waals surface area contributed by atoms with Crippen molar-refractivity contribution in [2.45, 2.75) is 108 Å². The number of aliphatic hydroxyl groups is 1. The number of rotatable bonds is 29. The molecule has 0 aliphatic carbocycles. The van der Waals surface area contributed by atoms with E-state index in [1.165, 1.54) is 39.3 Å². The van der Waals surface area contributed by atoms with Crippen LogP contribution in [-0.2, 0) is 60.3 Å². The molecular weight excluding hydrogens is 985 g/mol. The lowest BCUT2D eigenvalue weighted by molar-refractivity contribution is -0.147. The largest absolute Gasteiger partial charge is 0.490 e. The smallest absolute Gasteiger partial charge is 0.481 e. The average Bonchev–Trinajstić information content (AvgIpc) is 3.73. The number of hydrogen-bond donors (Lipinski definition) is 11. The number of nitrogens with two attached hydrogens (primary N) is 1. The van der Waals surface area contributed by atoms with Crippen molar-refractivity contribution in [2.24, 2.45) is 0 Å². The first-order valence-corrected chi connectivity index (χ1v) is 26.6. The van der Waals surface area contributed by atoms with Gasteiger partial charge in [0, 0.05) is 63.2 Å². The number of aromatic nitrogens is 3. The zero-order valence-electron chi connectivity index (χ0n) is 34.8. The highest BCUT2D eigenvalue weighted by Crippen LogP contribution is 2.66. The summed E-state index contributed by atoms with van der Waals surface area (Å²) in [6, 6.07) is -2.30. The highest BCUT2D eigenvalue weighted by atomic mass is 33.1. The van der Waals surface area contributed by atoms with Crippen LogP contribution in [0.2, 0.25) is 0 Å². The van der Waals surface area contributed by atoms with Crippen LogP contribution in [0, 0.1) is 11.8 Å². The van der Waals surface area contributed by atoms with Crippen LogP contribution in [0.3, 0.4) is 0 Å². The number of carboxylic acid groups (broad SMARTS) is 2. The van der Waals surface area contributed by atoms with E-state index in [4.69, 9.17) is 30.5 Å². The molecule has 12 N–H and O–H groups in total. The summed E-state index contributed by atoms with van der Waals surface area (Å²) >= 11 is 0. The fourth-order valence-electron chi connectivity index (χ4n) is 6.02. The van der Waals surface area contributed by atoms with Crippen molar-refractivity contribution in [3.05, 3.63) is 22.1 Å². The Labute approximate surface area is 382 Å². The van der Waals surface area contributed by atoms with Crippen LogP contribution in [0.25, 0.3) is 11.0 Å². The Balaban J connectivity index is 1.45. The Morgan fingerprint density at radius 1 is 0.970 bits per heavy atom. The van der Waals surface area contributed by atoms with Gasteiger partial charge in [-0.1, -0.05) is 46.3 Å². The molecular formula is C34H49N6O21P3S2. The van der Waals surface area contributed by atoms with Crippen LogP contribution < -0.4 is 21.9 Å². The van der Waals surface area contributed by atoms with Gasteiger partial charge in [-0.25, -0.2) is 18.5 Å². The SMILES string of the molecule is CC(=O)NC(CSSCCC(=O)CCC#Cc1cn(C2CC(O)C(COP(=O)(O)OP(=O)(O)OP(=O)(O)O)O2)c2nc(N)[nH]c(=O)c12)C(=O)CCCCCCC(=O)NC(CC(=O)O)C(=O)O. The molecule has 1 aliphatic heterocycles. The molecule has 7 atom stereocenters. The number of phosphoric acid groups is 3. The minimum Gasteiger partial charge on any atom is -0.481 e. The highest BCUT2D eigenvalue weighted by molar-refractivity contribution is 8.76. The molecule has 7 unspecified atom stereocenters. The van der Waals surface area contributed by atoms with Gasteiger partial charge in [-0.3, -0.25) is 38.3 Å². The molecule has 1 fully saturated rings. The summed E-state index contributed by atoms with van der Waals surface area (Å²) in [4.78, 5) is 127. The molecule has 368 valence electrons. The van der Waals surface area contributed by atoms with Crippen molar-refractivity contribution in [1.29, 1.82) is 0 Å². The Kier molecular flexibility index (Phi) is 22.2. The van der Waals surface area contributed by atoms with Crippen molar-refractivity contribution < 1.29 is 95.2 Å². The van der Waals surface area contributed by atoms with E-state index >= 15 is 0 Å². The molecule has 27 nitrogen and oxygen atoms in total. The lowest BCUT2D eigenvalue weighted by Crippen LogP contribution is -2.42. The van der Waals surface area contributed by atoms with E-state index in [1.807, 2.05) is 0 Å². The van der Waals surface area contributed by atoms with Crippen molar-refractivity contribution >= 4 is 97.4 Å². The van der Waals surface area contributed by atoms with Gasteiger partial charge in [0.15, 0.2) is 11.4 Å². The van der Waals surface area contributed by atoms with Gasteiger partial charge in [0.2, 0.25) is 17.8 Å². The first-order chi connectivity index (χ1) is 30.8. The van der Waals surface area contributed by atoms with Crippen molar-refractivity contribution in [1.82, 2.24) is 25.2 Å². The van der Waals surface area contributed by atoms with Gasteiger partial charge in [0.25, 0.3) is 5.56 Å². The maximum Gasteiger partial charge on any atom is 0.490 e. The van der Waals surface area contributed by atoms with Crippen molar-refractivity contribution in [3.63, 3.8) is 0 Å². The predicted octanol–water partition coefficient (Wildman–Crippen LogP) is 1.23. The first-order valence-electron chi connectivity index (χ1n) is 19.6. The van der Waals surface area contributed by atoms with Gasteiger partial charge in [-0.2, -0.15) is 13.6 Å². The summed E-state index contributed by atoms with van der Waals surface area (Å²) in [5.74, 6) is 1.86. The first kappa shape index (κ1) is 56.4. The standard InChI is InChI=1S/C34H49N6O21P3S2/c1-19(41)36-23(24(43)10-4-2-3-5-11-27(45)37-22(33(49)50)14-29(46)47)18-66-65-13-12-21(42)9-7-6-8-20-16-40(31-30(20)32(48)39-34(35)38-31)28-15-25(44)26(59-28)17-58-63(54,55)61-64(56,57)60-62(51,52)53/h16,22-23,25-26,28,44H,2-5,7,9-15,17-18H2,1H3,(H,36,41)(H,37,45)(H,46,47)(H,49,50)(H,54,55)(H,56,57)(H2,51,52,53)(H3,35,38,39,48). The van der Waals surface area contributed by atoms with E-state index in [9.17, 15) is 62.2 Å². The van der Waals surface area contributed by atoms with Crippen LogP contribution in [-0.4, -0.2) is 127 Å². The summed E-state index contributed by atoms with van der Waals surface area (Å²) in [6.45, 7) is 0.340. The molecule has 3 rings (SSSR count). The van der Waals surface area contributed by atoms with Crippen molar-refractivity contribution in [3.8, 4) is 11.8 Å². The molecule has 1 saturated heterocycles. The number of Topliss-reactive ketones (excluding diaryl/α,β-unsaturated/α-hetero) is 2. The van der Waals surface area contributed by atoms with Crippen LogP contribution in [0.1, 0.15) is 89.3 Å². The van der Waals surface area contributed by atoms with E-state index in [1.54, 1.807) is 0 Å². The number of fused-ring (bicyclic) bond motifs is 1. The normalized spacial score (nSPS) is 18.8. The fourth-order valence-corrected chi connectivity index (χ4v) is 11.3. The summed E-state index contributed by atoms with van der Waals surface area (Å²) in [5, 5.41) is 33.2. The number of aliphatic hydroxyl groups excluding tert-OH is 1. The Morgan fingerprint density at radius 3 is 2.29 bits per heavy atom. The van der Waals surface area contributed by atoms with E-state index < -0.39 is 96.3 Å². The molecule has 2 aromatic heterocycles. The molecule has 0 saturated carbocycles. The number of carbonyl (C=O) groups excluding carboxylic acids is 4. The molecule has 2 aromatic rings. The Hall–Kier alpha value is -3.97. The average molecular weight is 1030 g/mol. The van der Waals surface area contributed by atoms with E-state index in [-0.39, 0.29) is 78.4 Å². The molecule has 0 radical (unpaired) electrons. The second-order valence-electron chi connectivity index (χ2n) is 14.3. The van der Waals surface area contributed by atoms with Crippen LogP contribution >= 0.6 is 45.1 Å². The van der Waals surface area contributed by atoms with Crippen LogP contribution in [0.5, 0.6) is 0 Å². The number of ketones is 2. The second-order valence-corrected chi connectivity index (χ2v) is 21.4. The number of nitrogen functional groups attached to an aromatic ring is 1. The number of nitrogens with one attached hydrogen (secondary N) is 3. The third-order valence-electron chi connectivity index (χ3n) is 8.92. The van der Waals surface area contributed by atoms with Gasteiger partial charge in [0.05, 0.1) is 36.1 Å². The van der Waals surface area contributed by atoms with E-state index in [0.717, 1.165) is 0 Å². The number of ether oxygens (including phenoxy) is 1. The minimum atomic E-state index is -5.79. The van der Waals surface area contributed by atoms with Crippen LogP contribution in [0.4, 0.5) is 5.95 Å². The molecule has 2 amide bonds. The van der Waals surface area contributed by atoms with Gasteiger partial charge in [-0.15, -0.1) is 0 Å². The summed E-state index contributed by atoms with van der Waals surface area (Å²) < 4.78 is 53.6. The maximum absolute atomic E-state index is 12.9. The number of carboxylic acids is 2. The molecule has 0 bridgehead atoms.